The van der Waals surface area contributed by atoms with Crippen molar-refractivity contribution in [3.05, 3.63) is 0 Å². The fourth-order valence-electron chi connectivity index (χ4n) is 3.57. The Kier molecular flexibility index (Phi) is 23.9. The van der Waals surface area contributed by atoms with Gasteiger partial charge in [-0.25, -0.2) is 0 Å². The van der Waals surface area contributed by atoms with Gasteiger partial charge in [0.2, 0.25) is 0 Å². The van der Waals surface area contributed by atoms with Gasteiger partial charge in [0.15, 0.2) is 0 Å². The van der Waals surface area contributed by atoms with E-state index in [4.69, 9.17) is 19.9 Å². The molecule has 0 saturated carbocycles. The minimum atomic E-state index is 0.128. The SMILES string of the molecule is CCCCCCCCCC(CCCCCCC)CN(OCCCO)OCCCO. The molecule has 0 aliphatic carbocycles. The van der Waals surface area contributed by atoms with E-state index in [1.165, 1.54) is 89.9 Å². The second kappa shape index (κ2) is 24.1. The van der Waals surface area contributed by atoms with Gasteiger partial charge in [-0.2, -0.15) is 0 Å². The Balaban J connectivity index is 4.37. The van der Waals surface area contributed by atoms with Crippen molar-refractivity contribution < 1.29 is 19.9 Å². The van der Waals surface area contributed by atoms with Crippen molar-refractivity contribution in [1.29, 1.82) is 0 Å². The smallest absolute Gasteiger partial charge is 0.0733 e. The van der Waals surface area contributed by atoms with E-state index in [9.17, 15) is 0 Å². The highest BCUT2D eigenvalue weighted by Gasteiger charge is 2.16. The van der Waals surface area contributed by atoms with Gasteiger partial charge in [-0.3, -0.25) is 9.68 Å². The molecule has 0 radical (unpaired) electrons. The molecule has 0 fully saturated rings. The Morgan fingerprint density at radius 1 is 0.586 bits per heavy atom. The van der Waals surface area contributed by atoms with Crippen LogP contribution in [-0.2, 0) is 9.68 Å². The molecule has 0 bridgehead atoms. The van der Waals surface area contributed by atoms with Gasteiger partial charge in [0.25, 0.3) is 0 Å². The first-order chi connectivity index (χ1) is 14.3. The van der Waals surface area contributed by atoms with Crippen LogP contribution >= 0.6 is 0 Å². The summed E-state index contributed by atoms with van der Waals surface area (Å²) in [5, 5.41) is 19.6. The van der Waals surface area contributed by atoms with Crippen LogP contribution in [0.4, 0.5) is 0 Å². The van der Waals surface area contributed by atoms with Crippen molar-refractivity contribution >= 4 is 0 Å². The van der Waals surface area contributed by atoms with Gasteiger partial charge in [-0.05, 0) is 31.6 Å². The molecule has 0 saturated heterocycles. The summed E-state index contributed by atoms with van der Waals surface area (Å²) in [4.78, 5) is 11.5. The third kappa shape index (κ3) is 20.8. The van der Waals surface area contributed by atoms with Crippen LogP contribution in [0.5, 0.6) is 0 Å². The van der Waals surface area contributed by atoms with Crippen LogP contribution < -0.4 is 0 Å². The summed E-state index contributed by atoms with van der Waals surface area (Å²) in [7, 11) is 0. The van der Waals surface area contributed by atoms with E-state index in [0.717, 1.165) is 6.54 Å². The molecule has 0 heterocycles. The molecular weight excluding hydrogens is 366 g/mol. The maximum Gasteiger partial charge on any atom is 0.0733 e. The summed E-state index contributed by atoms with van der Waals surface area (Å²) in [5.41, 5.74) is 0. The van der Waals surface area contributed by atoms with Crippen LogP contribution in [-0.4, -0.2) is 48.4 Å². The van der Waals surface area contributed by atoms with Gasteiger partial charge in [0.1, 0.15) is 0 Å². The molecule has 0 rings (SSSR count). The molecule has 0 aliphatic rings. The van der Waals surface area contributed by atoms with Crippen LogP contribution in [0.1, 0.15) is 117 Å². The van der Waals surface area contributed by atoms with E-state index in [0.29, 0.717) is 32.0 Å². The number of rotatable bonds is 24. The number of aliphatic hydroxyl groups excluding tert-OH is 2. The molecule has 5 nitrogen and oxygen atoms in total. The molecular formula is C24H51NO4. The zero-order valence-electron chi connectivity index (χ0n) is 19.6. The number of hydrogen-bond donors (Lipinski definition) is 2. The lowest BCUT2D eigenvalue weighted by atomic mass is 9.94. The average Bonchev–Trinajstić information content (AvgIpc) is 2.72. The van der Waals surface area contributed by atoms with Crippen molar-refractivity contribution in [2.24, 2.45) is 5.92 Å². The van der Waals surface area contributed by atoms with Crippen molar-refractivity contribution in [1.82, 2.24) is 5.23 Å². The molecule has 176 valence electrons. The second-order valence-electron chi connectivity index (χ2n) is 8.31. The fraction of sp³-hybridized carbons (Fsp3) is 1.00. The quantitative estimate of drug-likeness (QED) is 0.148. The minimum Gasteiger partial charge on any atom is -0.396 e. The van der Waals surface area contributed by atoms with Gasteiger partial charge in [0, 0.05) is 13.2 Å². The number of nitrogens with zero attached hydrogens (tertiary/aromatic N) is 1. The average molecular weight is 418 g/mol. The molecule has 0 aromatic heterocycles. The van der Waals surface area contributed by atoms with Gasteiger partial charge in [0.05, 0.1) is 19.8 Å². The first-order valence-electron chi connectivity index (χ1n) is 12.5. The van der Waals surface area contributed by atoms with Crippen molar-refractivity contribution in [2.75, 3.05) is 33.0 Å². The summed E-state index contributed by atoms with van der Waals surface area (Å²) in [6.45, 7) is 6.50. The van der Waals surface area contributed by atoms with Gasteiger partial charge < -0.3 is 10.2 Å². The predicted molar refractivity (Wildman–Crippen MR) is 121 cm³/mol. The van der Waals surface area contributed by atoms with Gasteiger partial charge in [-0.1, -0.05) is 96.1 Å². The highest BCUT2D eigenvalue weighted by atomic mass is 16.9. The Hall–Kier alpha value is -0.200. The Labute approximate surface area is 181 Å². The van der Waals surface area contributed by atoms with E-state index in [2.05, 4.69) is 13.8 Å². The first-order valence-corrected chi connectivity index (χ1v) is 12.5. The van der Waals surface area contributed by atoms with Gasteiger partial charge >= 0.3 is 0 Å². The van der Waals surface area contributed by atoms with Crippen molar-refractivity contribution in [2.45, 2.75) is 117 Å². The number of unbranched alkanes of at least 4 members (excludes halogenated alkanes) is 10. The summed E-state index contributed by atoms with van der Waals surface area (Å²) in [6.07, 6.45) is 19.6. The summed E-state index contributed by atoms with van der Waals surface area (Å²) in [6, 6.07) is 0. The fourth-order valence-corrected chi connectivity index (χ4v) is 3.57. The largest absolute Gasteiger partial charge is 0.396 e. The number of hydrogen-bond acceptors (Lipinski definition) is 5. The molecule has 0 spiro atoms. The molecule has 0 aromatic rings. The van der Waals surface area contributed by atoms with E-state index in [1.807, 2.05) is 0 Å². The lowest BCUT2D eigenvalue weighted by molar-refractivity contribution is -0.373. The molecule has 1 atom stereocenters. The Morgan fingerprint density at radius 3 is 1.41 bits per heavy atom. The Morgan fingerprint density at radius 2 is 1.00 bits per heavy atom. The summed E-state index contributed by atoms with van der Waals surface area (Å²) < 4.78 is 0. The number of hydroxylamine groups is 2. The monoisotopic (exact) mass is 417 g/mol. The van der Waals surface area contributed by atoms with Crippen LogP contribution in [0.3, 0.4) is 0 Å². The van der Waals surface area contributed by atoms with E-state index >= 15 is 0 Å². The third-order valence-electron chi connectivity index (χ3n) is 5.41. The van der Waals surface area contributed by atoms with E-state index in [1.54, 1.807) is 5.23 Å². The van der Waals surface area contributed by atoms with Crippen molar-refractivity contribution in [3.63, 3.8) is 0 Å². The second-order valence-corrected chi connectivity index (χ2v) is 8.31. The van der Waals surface area contributed by atoms with Crippen LogP contribution in [0.25, 0.3) is 0 Å². The molecule has 2 N–H and O–H groups in total. The summed E-state index contributed by atoms with van der Waals surface area (Å²) >= 11 is 0. The lowest BCUT2D eigenvalue weighted by Crippen LogP contribution is -2.31. The minimum absolute atomic E-state index is 0.128. The van der Waals surface area contributed by atoms with E-state index in [-0.39, 0.29) is 13.2 Å². The van der Waals surface area contributed by atoms with E-state index < -0.39 is 0 Å². The van der Waals surface area contributed by atoms with Crippen LogP contribution in [0.2, 0.25) is 0 Å². The maximum atomic E-state index is 9.01. The summed E-state index contributed by atoms with van der Waals surface area (Å²) in [5.74, 6) is 0.579. The predicted octanol–water partition coefficient (Wildman–Crippen LogP) is 6.03. The molecule has 1 unspecified atom stereocenters. The molecule has 5 heteroatoms. The third-order valence-corrected chi connectivity index (χ3v) is 5.41. The molecule has 0 aliphatic heterocycles. The highest BCUT2D eigenvalue weighted by molar-refractivity contribution is 4.62. The standard InChI is InChI=1S/C24H51NO4/c1-3-5-7-9-10-12-14-18-24(17-13-11-8-6-4-2)23-25(28-21-15-19-26)29-22-16-20-27/h24,26-27H,3-23H2,1-2H3. The maximum absolute atomic E-state index is 9.01. The van der Waals surface area contributed by atoms with Crippen molar-refractivity contribution in [3.8, 4) is 0 Å². The molecule has 0 amide bonds. The molecule has 29 heavy (non-hydrogen) atoms. The first kappa shape index (κ1) is 28.8. The normalized spacial score (nSPS) is 12.7. The Bertz CT molecular complexity index is 295. The zero-order valence-corrected chi connectivity index (χ0v) is 19.6. The molecule has 0 aromatic carbocycles. The highest BCUT2D eigenvalue weighted by Crippen LogP contribution is 2.21. The van der Waals surface area contributed by atoms with Crippen LogP contribution in [0.15, 0.2) is 0 Å². The zero-order chi connectivity index (χ0) is 21.4. The number of aliphatic hydroxyl groups is 2. The van der Waals surface area contributed by atoms with Gasteiger partial charge in [-0.15, -0.1) is 0 Å². The topological polar surface area (TPSA) is 62.2 Å². The van der Waals surface area contributed by atoms with Crippen LogP contribution in [0, 0.1) is 5.92 Å². The lowest BCUT2D eigenvalue weighted by Gasteiger charge is -2.26.